The molecule has 1 aromatic heterocycles. The van der Waals surface area contributed by atoms with Crippen molar-refractivity contribution < 1.29 is 4.79 Å². The second-order valence-corrected chi connectivity index (χ2v) is 8.22. The van der Waals surface area contributed by atoms with Gasteiger partial charge in [-0.25, -0.2) is 4.98 Å². The van der Waals surface area contributed by atoms with E-state index in [-0.39, 0.29) is 18.3 Å². The number of hydrogen-bond donors (Lipinski definition) is 0. The van der Waals surface area contributed by atoms with E-state index in [2.05, 4.69) is 36.9 Å². The summed E-state index contributed by atoms with van der Waals surface area (Å²) in [5, 5.41) is 0.767. The van der Waals surface area contributed by atoms with Crippen LogP contribution in [-0.2, 0) is 6.42 Å². The summed E-state index contributed by atoms with van der Waals surface area (Å²) in [6, 6.07) is 12.2. The maximum Gasteiger partial charge on any atom is 0.260 e. The molecule has 3 rings (SSSR count). The molecule has 0 saturated carbocycles. The van der Waals surface area contributed by atoms with E-state index in [1.807, 2.05) is 44.1 Å². The molecule has 0 bridgehead atoms. The second kappa shape index (κ2) is 9.50. The van der Waals surface area contributed by atoms with Crippen LogP contribution in [0.15, 0.2) is 36.4 Å². The first-order valence-corrected chi connectivity index (χ1v) is 10.1. The molecule has 150 valence electrons. The fourth-order valence-electron chi connectivity index (χ4n) is 2.91. The summed E-state index contributed by atoms with van der Waals surface area (Å²) in [4.78, 5) is 22.0. The van der Waals surface area contributed by atoms with E-state index in [1.165, 1.54) is 11.1 Å². The lowest BCUT2D eigenvalue weighted by Crippen LogP contribution is -2.36. The molecule has 2 aromatic carbocycles. The van der Waals surface area contributed by atoms with Gasteiger partial charge in [-0.3, -0.25) is 9.69 Å². The molecule has 1 heterocycles. The van der Waals surface area contributed by atoms with Crippen LogP contribution in [0.5, 0.6) is 0 Å². The zero-order chi connectivity index (χ0) is 19.6. The summed E-state index contributed by atoms with van der Waals surface area (Å²) in [5.41, 5.74) is 5.28. The first-order chi connectivity index (χ1) is 12.9. The highest BCUT2D eigenvalue weighted by molar-refractivity contribution is 7.22. The van der Waals surface area contributed by atoms with Crippen LogP contribution in [0.2, 0.25) is 0 Å². The van der Waals surface area contributed by atoms with E-state index in [0.717, 1.165) is 33.9 Å². The van der Waals surface area contributed by atoms with Gasteiger partial charge in [-0.1, -0.05) is 30.4 Å². The molecular weight excluding hydrogens is 390 g/mol. The fraction of sp³-hybridized carbons (Fsp3) is 0.364. The SMILES string of the molecule is CCc1ccc2nc(N(CCN(C)C)C(=O)c3ccc(C)c(C)c3)sc2c1.Cl. The fourth-order valence-corrected chi connectivity index (χ4v) is 3.96. The summed E-state index contributed by atoms with van der Waals surface area (Å²) in [5.74, 6) is 0.00900. The number of aromatic nitrogens is 1. The number of rotatable bonds is 6. The summed E-state index contributed by atoms with van der Waals surface area (Å²) in [6.45, 7) is 7.65. The average molecular weight is 418 g/mol. The van der Waals surface area contributed by atoms with Crippen LogP contribution >= 0.6 is 23.7 Å². The van der Waals surface area contributed by atoms with Gasteiger partial charge < -0.3 is 4.90 Å². The molecule has 0 fully saturated rings. The van der Waals surface area contributed by atoms with Gasteiger partial charge in [0.05, 0.1) is 10.2 Å². The van der Waals surface area contributed by atoms with Gasteiger partial charge in [-0.05, 0) is 75.3 Å². The van der Waals surface area contributed by atoms with Crippen LogP contribution in [0.3, 0.4) is 0 Å². The Morgan fingerprint density at radius 1 is 1.04 bits per heavy atom. The highest BCUT2D eigenvalue weighted by atomic mass is 35.5. The largest absolute Gasteiger partial charge is 0.308 e. The molecule has 3 aromatic rings. The second-order valence-electron chi connectivity index (χ2n) is 7.21. The van der Waals surface area contributed by atoms with Crippen molar-refractivity contribution in [2.24, 2.45) is 0 Å². The van der Waals surface area contributed by atoms with Crippen LogP contribution in [0.25, 0.3) is 10.2 Å². The number of hydrogen-bond acceptors (Lipinski definition) is 4. The Bertz CT molecular complexity index is 968. The molecule has 0 radical (unpaired) electrons. The lowest BCUT2D eigenvalue weighted by molar-refractivity contribution is 0.0985. The Kier molecular flexibility index (Phi) is 7.58. The highest BCUT2D eigenvalue weighted by Gasteiger charge is 2.21. The van der Waals surface area contributed by atoms with Crippen LogP contribution in [0.4, 0.5) is 5.13 Å². The minimum absolute atomic E-state index is 0. The van der Waals surface area contributed by atoms with Gasteiger partial charge in [-0.15, -0.1) is 12.4 Å². The van der Waals surface area contributed by atoms with Crippen molar-refractivity contribution in [1.29, 1.82) is 0 Å². The van der Waals surface area contributed by atoms with Crippen molar-refractivity contribution in [3.8, 4) is 0 Å². The van der Waals surface area contributed by atoms with E-state index >= 15 is 0 Å². The highest BCUT2D eigenvalue weighted by Crippen LogP contribution is 2.30. The molecule has 0 unspecified atom stereocenters. The summed E-state index contributed by atoms with van der Waals surface area (Å²) in [7, 11) is 4.04. The number of halogens is 1. The van der Waals surface area contributed by atoms with Crippen molar-refractivity contribution in [3.63, 3.8) is 0 Å². The molecule has 4 nitrogen and oxygen atoms in total. The number of anilines is 1. The molecular formula is C22H28ClN3OS. The van der Waals surface area contributed by atoms with Gasteiger partial charge in [0.15, 0.2) is 5.13 Å². The Morgan fingerprint density at radius 2 is 1.79 bits per heavy atom. The molecule has 28 heavy (non-hydrogen) atoms. The van der Waals surface area contributed by atoms with Gasteiger partial charge in [0.2, 0.25) is 0 Å². The minimum atomic E-state index is 0. The van der Waals surface area contributed by atoms with E-state index in [4.69, 9.17) is 4.98 Å². The van der Waals surface area contributed by atoms with Crippen LogP contribution in [0, 0.1) is 13.8 Å². The Morgan fingerprint density at radius 3 is 2.43 bits per heavy atom. The first-order valence-electron chi connectivity index (χ1n) is 9.32. The zero-order valence-corrected chi connectivity index (χ0v) is 18.8. The molecule has 0 aliphatic rings. The van der Waals surface area contributed by atoms with Crippen LogP contribution < -0.4 is 4.90 Å². The Balaban J connectivity index is 0.00000280. The predicted molar refractivity (Wildman–Crippen MR) is 122 cm³/mol. The molecule has 0 N–H and O–H groups in total. The number of nitrogens with zero attached hydrogens (tertiary/aromatic N) is 3. The number of fused-ring (bicyclic) bond motifs is 1. The number of likely N-dealkylation sites (N-methyl/N-ethyl adjacent to an activating group) is 1. The van der Waals surface area contributed by atoms with Gasteiger partial charge in [-0.2, -0.15) is 0 Å². The standard InChI is InChI=1S/C22H27N3OS.ClH/c1-6-17-8-10-19-20(14-17)27-22(23-19)25(12-11-24(4)5)21(26)18-9-7-15(2)16(3)13-18;/h7-10,13-14H,6,11-12H2,1-5H3;1H. The molecule has 6 heteroatoms. The molecule has 0 spiro atoms. The van der Waals surface area contributed by atoms with Crippen molar-refractivity contribution in [1.82, 2.24) is 9.88 Å². The average Bonchev–Trinajstić information content (AvgIpc) is 3.06. The normalized spacial score (nSPS) is 10.9. The van der Waals surface area contributed by atoms with Gasteiger partial charge in [0.25, 0.3) is 5.91 Å². The third-order valence-electron chi connectivity index (χ3n) is 4.85. The molecule has 1 amide bonds. The predicted octanol–water partition coefficient (Wildman–Crippen LogP) is 5.11. The number of thiazole rings is 1. The maximum absolute atomic E-state index is 13.3. The van der Waals surface area contributed by atoms with Gasteiger partial charge in [0.1, 0.15) is 0 Å². The first kappa shape index (κ1) is 22.3. The minimum Gasteiger partial charge on any atom is -0.308 e. The van der Waals surface area contributed by atoms with Crippen LogP contribution in [-0.4, -0.2) is 43.0 Å². The number of aryl methyl sites for hydroxylation is 3. The van der Waals surface area contributed by atoms with E-state index < -0.39 is 0 Å². The van der Waals surface area contributed by atoms with Crippen LogP contribution in [0.1, 0.15) is 34.0 Å². The molecule has 0 saturated heterocycles. The maximum atomic E-state index is 13.3. The van der Waals surface area contributed by atoms with Gasteiger partial charge >= 0.3 is 0 Å². The topological polar surface area (TPSA) is 36.4 Å². The molecule has 0 aliphatic carbocycles. The monoisotopic (exact) mass is 417 g/mol. The van der Waals surface area contributed by atoms with Crippen molar-refractivity contribution >= 4 is 45.0 Å². The number of carbonyl (C=O) groups is 1. The van der Waals surface area contributed by atoms with E-state index in [1.54, 1.807) is 11.3 Å². The lowest BCUT2D eigenvalue weighted by Gasteiger charge is -2.22. The smallest absolute Gasteiger partial charge is 0.260 e. The third kappa shape index (κ3) is 4.90. The number of amides is 1. The Hall–Kier alpha value is -1.95. The number of benzene rings is 2. The molecule has 0 aliphatic heterocycles. The van der Waals surface area contributed by atoms with Crippen molar-refractivity contribution in [3.05, 3.63) is 58.7 Å². The summed E-state index contributed by atoms with van der Waals surface area (Å²) in [6.07, 6.45) is 0.995. The lowest BCUT2D eigenvalue weighted by atomic mass is 10.1. The zero-order valence-electron chi connectivity index (χ0n) is 17.2. The Labute approximate surface area is 177 Å². The van der Waals surface area contributed by atoms with Crippen molar-refractivity contribution in [2.75, 3.05) is 32.1 Å². The van der Waals surface area contributed by atoms with E-state index in [0.29, 0.717) is 12.1 Å². The summed E-state index contributed by atoms with van der Waals surface area (Å²) >= 11 is 1.59. The summed E-state index contributed by atoms with van der Waals surface area (Å²) < 4.78 is 1.13. The van der Waals surface area contributed by atoms with Crippen molar-refractivity contribution in [2.45, 2.75) is 27.2 Å². The quantitative estimate of drug-likeness (QED) is 0.559. The van der Waals surface area contributed by atoms with Gasteiger partial charge in [0, 0.05) is 18.7 Å². The molecule has 0 atom stereocenters. The number of carbonyl (C=O) groups excluding carboxylic acids is 1. The third-order valence-corrected chi connectivity index (χ3v) is 5.89. The van der Waals surface area contributed by atoms with E-state index in [9.17, 15) is 4.79 Å².